The molecule has 1 heterocycles. The fourth-order valence-electron chi connectivity index (χ4n) is 3.00. The van der Waals surface area contributed by atoms with E-state index < -0.39 is 11.5 Å². The second-order valence-corrected chi connectivity index (χ2v) is 6.57. The van der Waals surface area contributed by atoms with Crippen molar-refractivity contribution in [2.75, 3.05) is 24.3 Å². The van der Waals surface area contributed by atoms with Crippen molar-refractivity contribution in [2.45, 2.75) is 19.3 Å². The number of ketones is 1. The van der Waals surface area contributed by atoms with Crippen LogP contribution >= 0.6 is 11.6 Å². The molecule has 0 bridgehead atoms. The number of aryl methyl sites for hydroxylation is 1. The quantitative estimate of drug-likeness (QED) is 0.882. The van der Waals surface area contributed by atoms with Gasteiger partial charge in [0.2, 0.25) is 0 Å². The minimum absolute atomic E-state index is 0.0525. The number of amides is 1. The Morgan fingerprint density at radius 3 is 2.72 bits per heavy atom. The van der Waals surface area contributed by atoms with Crippen LogP contribution in [0.4, 0.5) is 11.4 Å². The van der Waals surface area contributed by atoms with Crippen LogP contribution in [0.5, 0.6) is 0 Å². The van der Waals surface area contributed by atoms with E-state index in [9.17, 15) is 14.4 Å². The smallest absolute Gasteiger partial charge is 0.261 e. The number of H-pyrrole nitrogens is 1. The van der Waals surface area contributed by atoms with Crippen molar-refractivity contribution in [3.63, 3.8) is 0 Å². The summed E-state index contributed by atoms with van der Waals surface area (Å²) < 4.78 is 0. The third-order valence-electron chi connectivity index (χ3n) is 4.18. The molecule has 2 N–H and O–H groups in total. The molecular weight excluding hydrogens is 342 g/mol. The SMILES string of the molecule is CN(C)c1c(Cl)cccc1NC(=O)c1cc2c([nH]c1=O)CCCC2=O. The standard InChI is InChI=1S/C18H18ClN3O3/c1-22(2)16-12(19)5-3-7-14(16)21-18(25)11-9-10-13(20-17(11)24)6-4-8-15(10)23/h3,5,7,9H,4,6,8H2,1-2H3,(H,20,24)(H,21,25). The van der Waals surface area contributed by atoms with Gasteiger partial charge < -0.3 is 15.2 Å². The molecule has 0 unspecified atom stereocenters. The van der Waals surface area contributed by atoms with Crippen molar-refractivity contribution in [1.29, 1.82) is 0 Å². The number of benzene rings is 1. The fraction of sp³-hybridized carbons (Fsp3) is 0.278. The Hall–Kier alpha value is -2.60. The average Bonchev–Trinajstić information content (AvgIpc) is 2.54. The van der Waals surface area contributed by atoms with Gasteiger partial charge in [-0.2, -0.15) is 0 Å². The molecule has 3 rings (SSSR count). The fourth-order valence-corrected chi connectivity index (χ4v) is 3.35. The van der Waals surface area contributed by atoms with E-state index in [4.69, 9.17) is 11.6 Å². The first-order valence-corrected chi connectivity index (χ1v) is 8.33. The van der Waals surface area contributed by atoms with E-state index >= 15 is 0 Å². The van der Waals surface area contributed by atoms with Crippen LogP contribution in [-0.4, -0.2) is 30.8 Å². The van der Waals surface area contributed by atoms with Crippen molar-refractivity contribution in [3.8, 4) is 0 Å². The number of rotatable bonds is 3. The van der Waals surface area contributed by atoms with Gasteiger partial charge >= 0.3 is 0 Å². The van der Waals surface area contributed by atoms with Gasteiger partial charge in [0.25, 0.3) is 11.5 Å². The largest absolute Gasteiger partial charge is 0.375 e. The molecule has 0 aliphatic heterocycles. The first-order valence-electron chi connectivity index (χ1n) is 7.95. The van der Waals surface area contributed by atoms with Crippen LogP contribution in [0.3, 0.4) is 0 Å². The van der Waals surface area contributed by atoms with Crippen molar-refractivity contribution in [3.05, 3.63) is 56.5 Å². The molecule has 130 valence electrons. The van der Waals surface area contributed by atoms with Crippen molar-refractivity contribution in [1.82, 2.24) is 4.98 Å². The molecule has 6 nitrogen and oxygen atoms in total. The first-order chi connectivity index (χ1) is 11.9. The molecule has 25 heavy (non-hydrogen) atoms. The molecule has 0 radical (unpaired) electrons. The number of carbonyl (C=O) groups is 2. The Kier molecular flexibility index (Phi) is 4.63. The molecule has 2 aromatic rings. The van der Waals surface area contributed by atoms with Gasteiger partial charge in [0.1, 0.15) is 5.56 Å². The Morgan fingerprint density at radius 2 is 2.00 bits per heavy atom. The van der Waals surface area contributed by atoms with Gasteiger partial charge in [0, 0.05) is 31.8 Å². The zero-order valence-corrected chi connectivity index (χ0v) is 14.7. The lowest BCUT2D eigenvalue weighted by Gasteiger charge is -2.19. The van der Waals surface area contributed by atoms with Crippen LogP contribution in [0.2, 0.25) is 5.02 Å². The second kappa shape index (κ2) is 6.72. The summed E-state index contributed by atoms with van der Waals surface area (Å²) in [4.78, 5) is 41.3. The highest BCUT2D eigenvalue weighted by atomic mass is 35.5. The van der Waals surface area contributed by atoms with Gasteiger partial charge in [-0.05, 0) is 31.0 Å². The number of hydrogen-bond acceptors (Lipinski definition) is 4. The third kappa shape index (κ3) is 3.30. The van der Waals surface area contributed by atoms with E-state index in [1.54, 1.807) is 37.2 Å². The summed E-state index contributed by atoms with van der Waals surface area (Å²) in [7, 11) is 3.61. The predicted molar refractivity (Wildman–Crippen MR) is 98.1 cm³/mol. The molecule has 0 fully saturated rings. The van der Waals surface area contributed by atoms with Gasteiger partial charge in [-0.15, -0.1) is 0 Å². The number of halogens is 1. The highest BCUT2D eigenvalue weighted by molar-refractivity contribution is 6.34. The average molecular weight is 360 g/mol. The van der Waals surface area contributed by atoms with Crippen molar-refractivity contribution < 1.29 is 9.59 Å². The van der Waals surface area contributed by atoms with Crippen LogP contribution < -0.4 is 15.8 Å². The normalized spacial score (nSPS) is 13.3. The van der Waals surface area contributed by atoms with Gasteiger partial charge in [-0.25, -0.2) is 0 Å². The zero-order chi connectivity index (χ0) is 18.1. The number of carbonyl (C=O) groups excluding carboxylic acids is 2. The number of hydrogen-bond donors (Lipinski definition) is 2. The van der Waals surface area contributed by atoms with E-state index in [0.29, 0.717) is 46.9 Å². The predicted octanol–water partition coefficient (Wildman–Crippen LogP) is 2.87. The number of nitrogens with one attached hydrogen (secondary N) is 2. The maximum Gasteiger partial charge on any atom is 0.261 e. The summed E-state index contributed by atoms with van der Waals surface area (Å²) in [5, 5.41) is 3.20. The lowest BCUT2D eigenvalue weighted by molar-refractivity contribution is 0.0971. The molecule has 0 spiro atoms. The summed E-state index contributed by atoms with van der Waals surface area (Å²) in [6.07, 6.45) is 1.78. The Bertz CT molecular complexity index is 918. The molecule has 1 aromatic carbocycles. The van der Waals surface area contributed by atoms with E-state index in [0.717, 1.165) is 0 Å². The number of pyridine rings is 1. The molecule has 7 heteroatoms. The van der Waals surface area contributed by atoms with Crippen LogP contribution in [0.25, 0.3) is 0 Å². The van der Waals surface area contributed by atoms with E-state index in [-0.39, 0.29) is 11.3 Å². The lowest BCUT2D eigenvalue weighted by Crippen LogP contribution is -2.28. The summed E-state index contributed by atoms with van der Waals surface area (Å²) >= 11 is 6.19. The van der Waals surface area contributed by atoms with Crippen molar-refractivity contribution >= 4 is 34.7 Å². The highest BCUT2D eigenvalue weighted by Gasteiger charge is 2.22. The van der Waals surface area contributed by atoms with Crippen LogP contribution in [0, 0.1) is 0 Å². The van der Waals surface area contributed by atoms with Crippen molar-refractivity contribution in [2.24, 2.45) is 0 Å². The topological polar surface area (TPSA) is 82.3 Å². The summed E-state index contributed by atoms with van der Waals surface area (Å²) in [6, 6.07) is 6.53. The molecule has 1 aromatic heterocycles. The first kappa shape index (κ1) is 17.2. The summed E-state index contributed by atoms with van der Waals surface area (Å²) in [6.45, 7) is 0. The summed E-state index contributed by atoms with van der Waals surface area (Å²) in [5.41, 5.74) is 1.58. The molecule has 0 saturated carbocycles. The van der Waals surface area contributed by atoms with Gasteiger partial charge in [-0.3, -0.25) is 14.4 Å². The number of aromatic nitrogens is 1. The maximum absolute atomic E-state index is 12.6. The van der Waals surface area contributed by atoms with Crippen LogP contribution in [-0.2, 0) is 6.42 Å². The number of aromatic amines is 1. The third-order valence-corrected chi connectivity index (χ3v) is 4.49. The molecule has 1 amide bonds. The van der Waals surface area contributed by atoms with Crippen LogP contribution in [0.15, 0.2) is 29.1 Å². The number of nitrogens with zero attached hydrogens (tertiary/aromatic N) is 1. The van der Waals surface area contributed by atoms with E-state index in [1.807, 2.05) is 0 Å². The Balaban J connectivity index is 1.98. The molecule has 1 aliphatic carbocycles. The van der Waals surface area contributed by atoms with Crippen LogP contribution in [0.1, 0.15) is 39.3 Å². The second-order valence-electron chi connectivity index (χ2n) is 6.17. The highest BCUT2D eigenvalue weighted by Crippen LogP contribution is 2.32. The molecular formula is C18H18ClN3O3. The number of fused-ring (bicyclic) bond motifs is 1. The molecule has 0 atom stereocenters. The number of para-hydroxylation sites is 1. The zero-order valence-electron chi connectivity index (χ0n) is 14.0. The molecule has 1 aliphatic rings. The Labute approximate surface area is 149 Å². The van der Waals surface area contributed by atoms with E-state index in [2.05, 4.69) is 10.3 Å². The van der Waals surface area contributed by atoms with Gasteiger partial charge in [0.15, 0.2) is 5.78 Å². The maximum atomic E-state index is 12.6. The van der Waals surface area contributed by atoms with Gasteiger partial charge in [-0.1, -0.05) is 17.7 Å². The molecule has 0 saturated heterocycles. The van der Waals surface area contributed by atoms with Gasteiger partial charge in [0.05, 0.1) is 16.4 Å². The minimum atomic E-state index is -0.576. The Morgan fingerprint density at radius 1 is 1.24 bits per heavy atom. The summed E-state index contributed by atoms with van der Waals surface area (Å²) in [5.74, 6) is -0.629. The number of Topliss-reactive ketones (excluding diaryl/α,β-unsaturated/α-hetero) is 1. The van der Waals surface area contributed by atoms with E-state index in [1.165, 1.54) is 6.07 Å². The lowest BCUT2D eigenvalue weighted by atomic mass is 9.93. The monoisotopic (exact) mass is 359 g/mol. The minimum Gasteiger partial charge on any atom is -0.375 e. The number of anilines is 2.